The van der Waals surface area contributed by atoms with Gasteiger partial charge in [0.05, 0.1) is 12.3 Å². The van der Waals surface area contributed by atoms with E-state index in [1.165, 1.54) is 0 Å². The number of rotatable bonds is 1. The molecule has 3 rings (SSSR count). The summed E-state index contributed by atoms with van der Waals surface area (Å²) >= 11 is 3.61. The van der Waals surface area contributed by atoms with Gasteiger partial charge in [0.25, 0.3) is 0 Å². The zero-order chi connectivity index (χ0) is 10.3. The SMILES string of the molecule is Brc1c(C2CCOC2)nc2ccccn12. The lowest BCUT2D eigenvalue weighted by atomic mass is 10.1. The standard InChI is InChI=1S/C11H11BrN2O/c12-11-10(8-4-6-15-7-8)13-9-3-1-2-5-14(9)11/h1-3,5,8H,4,6-7H2. The van der Waals surface area contributed by atoms with Crippen molar-refractivity contribution in [2.75, 3.05) is 13.2 Å². The smallest absolute Gasteiger partial charge is 0.137 e. The van der Waals surface area contributed by atoms with Crippen LogP contribution < -0.4 is 0 Å². The molecule has 4 heteroatoms. The zero-order valence-corrected chi connectivity index (χ0v) is 9.77. The van der Waals surface area contributed by atoms with Crippen LogP contribution in [0.25, 0.3) is 5.65 Å². The molecule has 3 heterocycles. The minimum Gasteiger partial charge on any atom is -0.381 e. The molecular formula is C11H11BrN2O. The van der Waals surface area contributed by atoms with E-state index in [0.29, 0.717) is 5.92 Å². The van der Waals surface area contributed by atoms with Crippen molar-refractivity contribution in [3.8, 4) is 0 Å². The summed E-state index contributed by atoms with van der Waals surface area (Å²) in [4.78, 5) is 4.63. The van der Waals surface area contributed by atoms with Crippen LogP contribution in [0.3, 0.4) is 0 Å². The van der Waals surface area contributed by atoms with Crippen molar-refractivity contribution in [2.24, 2.45) is 0 Å². The van der Waals surface area contributed by atoms with E-state index < -0.39 is 0 Å². The molecule has 1 aliphatic heterocycles. The molecule has 1 fully saturated rings. The topological polar surface area (TPSA) is 26.5 Å². The number of aromatic nitrogens is 2. The fourth-order valence-electron chi connectivity index (χ4n) is 1.99. The Morgan fingerprint density at radius 3 is 3.13 bits per heavy atom. The Bertz CT molecular complexity index is 488. The molecule has 0 bridgehead atoms. The van der Waals surface area contributed by atoms with E-state index in [4.69, 9.17) is 4.74 Å². The van der Waals surface area contributed by atoms with Crippen molar-refractivity contribution in [2.45, 2.75) is 12.3 Å². The summed E-state index contributed by atoms with van der Waals surface area (Å²) in [7, 11) is 0. The molecule has 0 radical (unpaired) electrons. The number of pyridine rings is 1. The summed E-state index contributed by atoms with van der Waals surface area (Å²) in [6, 6.07) is 6.03. The van der Waals surface area contributed by atoms with Gasteiger partial charge < -0.3 is 4.74 Å². The Morgan fingerprint density at radius 1 is 1.47 bits per heavy atom. The number of imidazole rings is 1. The number of hydrogen-bond donors (Lipinski definition) is 0. The minimum atomic E-state index is 0.444. The molecule has 2 aromatic heterocycles. The number of fused-ring (bicyclic) bond motifs is 1. The summed E-state index contributed by atoms with van der Waals surface area (Å²) in [6.07, 6.45) is 3.09. The molecule has 15 heavy (non-hydrogen) atoms. The predicted molar refractivity (Wildman–Crippen MR) is 61.1 cm³/mol. The highest BCUT2D eigenvalue weighted by atomic mass is 79.9. The van der Waals surface area contributed by atoms with Crippen molar-refractivity contribution in [1.82, 2.24) is 9.38 Å². The van der Waals surface area contributed by atoms with Gasteiger partial charge in [-0.2, -0.15) is 0 Å². The highest BCUT2D eigenvalue weighted by Crippen LogP contribution is 2.30. The molecule has 1 saturated heterocycles. The van der Waals surface area contributed by atoms with Gasteiger partial charge in [0, 0.05) is 18.7 Å². The van der Waals surface area contributed by atoms with Gasteiger partial charge >= 0.3 is 0 Å². The van der Waals surface area contributed by atoms with Gasteiger partial charge in [-0.05, 0) is 34.5 Å². The third-order valence-corrected chi connectivity index (χ3v) is 3.60. The molecule has 2 aromatic rings. The fourth-order valence-corrected chi connectivity index (χ4v) is 2.71. The molecule has 0 aliphatic carbocycles. The van der Waals surface area contributed by atoms with Gasteiger partial charge in [0.15, 0.2) is 0 Å². The van der Waals surface area contributed by atoms with Gasteiger partial charge in [0.2, 0.25) is 0 Å². The first-order valence-corrected chi connectivity index (χ1v) is 5.86. The molecule has 1 unspecified atom stereocenters. The van der Waals surface area contributed by atoms with Crippen molar-refractivity contribution < 1.29 is 4.74 Å². The summed E-state index contributed by atoms with van der Waals surface area (Å²) in [6.45, 7) is 1.65. The Kier molecular flexibility index (Phi) is 2.25. The maximum absolute atomic E-state index is 5.39. The fraction of sp³-hybridized carbons (Fsp3) is 0.364. The highest BCUT2D eigenvalue weighted by Gasteiger charge is 2.23. The van der Waals surface area contributed by atoms with Crippen LogP contribution in [-0.2, 0) is 4.74 Å². The first-order valence-electron chi connectivity index (χ1n) is 5.06. The summed E-state index contributed by atoms with van der Waals surface area (Å²) in [5.74, 6) is 0.444. The van der Waals surface area contributed by atoms with E-state index in [2.05, 4.69) is 25.3 Å². The van der Waals surface area contributed by atoms with E-state index >= 15 is 0 Å². The quantitative estimate of drug-likeness (QED) is 0.794. The number of hydrogen-bond acceptors (Lipinski definition) is 2. The van der Waals surface area contributed by atoms with Crippen LogP contribution in [0.4, 0.5) is 0 Å². The number of nitrogens with zero attached hydrogens (tertiary/aromatic N) is 2. The third kappa shape index (κ3) is 1.48. The van der Waals surface area contributed by atoms with Crippen molar-refractivity contribution in [3.05, 3.63) is 34.7 Å². The van der Waals surface area contributed by atoms with Gasteiger partial charge in [-0.25, -0.2) is 4.98 Å². The van der Waals surface area contributed by atoms with E-state index in [1.54, 1.807) is 0 Å². The van der Waals surface area contributed by atoms with E-state index in [0.717, 1.165) is 35.6 Å². The second-order valence-corrected chi connectivity index (χ2v) is 4.53. The van der Waals surface area contributed by atoms with Crippen LogP contribution >= 0.6 is 15.9 Å². The third-order valence-electron chi connectivity index (χ3n) is 2.81. The normalized spacial score (nSPS) is 21.3. The number of ether oxygens (including phenoxy) is 1. The lowest BCUT2D eigenvalue weighted by Crippen LogP contribution is -1.98. The minimum absolute atomic E-state index is 0.444. The number of halogens is 1. The van der Waals surface area contributed by atoms with E-state index in [1.807, 2.05) is 24.4 Å². The van der Waals surface area contributed by atoms with Crippen molar-refractivity contribution in [1.29, 1.82) is 0 Å². The first kappa shape index (κ1) is 9.36. The molecule has 0 aromatic carbocycles. The van der Waals surface area contributed by atoms with Crippen LogP contribution in [0.5, 0.6) is 0 Å². The summed E-state index contributed by atoms with van der Waals surface area (Å²) < 4.78 is 8.52. The second-order valence-electron chi connectivity index (χ2n) is 3.78. The van der Waals surface area contributed by atoms with Crippen LogP contribution in [0, 0.1) is 0 Å². The zero-order valence-electron chi connectivity index (χ0n) is 8.19. The van der Waals surface area contributed by atoms with Crippen LogP contribution in [0.15, 0.2) is 29.0 Å². The molecule has 1 aliphatic rings. The van der Waals surface area contributed by atoms with Crippen molar-refractivity contribution in [3.63, 3.8) is 0 Å². The molecule has 0 spiro atoms. The predicted octanol–water partition coefficient (Wildman–Crippen LogP) is 2.60. The lowest BCUT2D eigenvalue weighted by molar-refractivity contribution is 0.193. The monoisotopic (exact) mass is 266 g/mol. The molecule has 3 nitrogen and oxygen atoms in total. The van der Waals surface area contributed by atoms with E-state index in [-0.39, 0.29) is 0 Å². The molecule has 0 N–H and O–H groups in total. The Balaban J connectivity index is 2.14. The molecule has 78 valence electrons. The van der Waals surface area contributed by atoms with E-state index in [9.17, 15) is 0 Å². The van der Waals surface area contributed by atoms with Crippen LogP contribution in [-0.4, -0.2) is 22.6 Å². The van der Waals surface area contributed by atoms with Crippen LogP contribution in [0.1, 0.15) is 18.0 Å². The maximum atomic E-state index is 5.39. The Labute approximate surface area is 96.2 Å². The summed E-state index contributed by atoms with van der Waals surface area (Å²) in [5.41, 5.74) is 2.12. The Hall–Kier alpha value is -0.870. The van der Waals surface area contributed by atoms with Gasteiger partial charge in [-0.3, -0.25) is 4.40 Å². The highest BCUT2D eigenvalue weighted by molar-refractivity contribution is 9.10. The largest absolute Gasteiger partial charge is 0.381 e. The molecular weight excluding hydrogens is 256 g/mol. The van der Waals surface area contributed by atoms with Crippen molar-refractivity contribution >= 4 is 21.6 Å². The first-order chi connectivity index (χ1) is 7.36. The van der Waals surface area contributed by atoms with Gasteiger partial charge in [-0.1, -0.05) is 6.07 Å². The lowest BCUT2D eigenvalue weighted by Gasteiger charge is -2.03. The molecule has 1 atom stereocenters. The Morgan fingerprint density at radius 2 is 2.40 bits per heavy atom. The molecule has 0 saturated carbocycles. The average Bonchev–Trinajstić information content (AvgIpc) is 2.87. The van der Waals surface area contributed by atoms with Gasteiger partial charge in [0.1, 0.15) is 10.3 Å². The summed E-state index contributed by atoms with van der Waals surface area (Å²) in [5, 5.41) is 0. The van der Waals surface area contributed by atoms with Crippen LogP contribution in [0.2, 0.25) is 0 Å². The second kappa shape index (κ2) is 3.61. The maximum Gasteiger partial charge on any atom is 0.137 e. The molecule has 0 amide bonds. The average molecular weight is 267 g/mol. The van der Waals surface area contributed by atoms with Gasteiger partial charge in [-0.15, -0.1) is 0 Å².